The molecule has 0 bridgehead atoms. The molecule has 2 atom stereocenters. The number of benzene rings is 1. The van der Waals surface area contributed by atoms with Gasteiger partial charge in [0, 0.05) is 31.4 Å². The molecular weight excluding hydrogens is 304 g/mol. The first-order chi connectivity index (χ1) is 11.7. The highest BCUT2D eigenvalue weighted by atomic mass is 16.5. The number of nitrogens with one attached hydrogen (secondary N) is 1. The van der Waals surface area contributed by atoms with Gasteiger partial charge in [0.05, 0.1) is 6.61 Å². The molecule has 1 amide bonds. The molecule has 0 spiro atoms. The van der Waals surface area contributed by atoms with Gasteiger partial charge in [0.2, 0.25) is 5.91 Å². The molecule has 0 radical (unpaired) electrons. The van der Waals surface area contributed by atoms with E-state index in [0.717, 1.165) is 63.4 Å². The van der Waals surface area contributed by atoms with E-state index >= 15 is 0 Å². The van der Waals surface area contributed by atoms with Crippen molar-refractivity contribution in [3.05, 3.63) is 24.3 Å². The first-order valence-electron chi connectivity index (χ1n) is 9.07. The van der Waals surface area contributed by atoms with Crippen LogP contribution in [0.1, 0.15) is 38.5 Å². The number of carbonyl (C=O) groups is 1. The fourth-order valence-corrected chi connectivity index (χ4v) is 3.53. The Labute approximate surface area is 143 Å². The zero-order chi connectivity index (χ0) is 16.8. The van der Waals surface area contributed by atoms with E-state index in [9.17, 15) is 4.79 Å². The molecule has 0 unspecified atom stereocenters. The lowest BCUT2D eigenvalue weighted by Crippen LogP contribution is -2.28. The third-order valence-corrected chi connectivity index (χ3v) is 5.13. The summed E-state index contributed by atoms with van der Waals surface area (Å²) >= 11 is 0. The van der Waals surface area contributed by atoms with Crippen molar-refractivity contribution in [2.24, 2.45) is 17.6 Å². The van der Waals surface area contributed by atoms with Crippen LogP contribution >= 0.6 is 0 Å². The van der Waals surface area contributed by atoms with Gasteiger partial charge in [-0.3, -0.25) is 4.79 Å². The molecule has 1 aromatic carbocycles. The molecule has 132 valence electrons. The normalized spacial score (nSPS) is 24.7. The van der Waals surface area contributed by atoms with E-state index in [1.165, 1.54) is 0 Å². The average Bonchev–Trinajstić information content (AvgIpc) is 3.00. The molecule has 3 rings (SSSR count). The third kappa shape index (κ3) is 4.95. The summed E-state index contributed by atoms with van der Waals surface area (Å²) in [7, 11) is 0. The second-order valence-corrected chi connectivity index (χ2v) is 7.00. The van der Waals surface area contributed by atoms with Crippen molar-refractivity contribution in [2.45, 2.75) is 44.6 Å². The maximum Gasteiger partial charge on any atom is 0.224 e. The number of carbonyl (C=O) groups excluding carboxylic acids is 1. The zero-order valence-electron chi connectivity index (χ0n) is 14.2. The predicted molar refractivity (Wildman–Crippen MR) is 94.0 cm³/mol. The Bertz CT molecular complexity index is 526. The summed E-state index contributed by atoms with van der Waals surface area (Å²) in [5.41, 5.74) is 6.84. The minimum atomic E-state index is 0.0493. The van der Waals surface area contributed by atoms with Gasteiger partial charge >= 0.3 is 0 Å². The number of rotatable bonds is 6. The van der Waals surface area contributed by atoms with Crippen LogP contribution in [0.15, 0.2) is 24.3 Å². The second-order valence-electron chi connectivity index (χ2n) is 7.00. The Morgan fingerprint density at radius 1 is 1.17 bits per heavy atom. The van der Waals surface area contributed by atoms with Gasteiger partial charge in [-0.2, -0.15) is 0 Å². The molecule has 1 aromatic rings. The number of hydrogen-bond donors (Lipinski definition) is 2. The van der Waals surface area contributed by atoms with Crippen molar-refractivity contribution in [2.75, 3.05) is 25.1 Å². The molecule has 2 aliphatic rings. The quantitative estimate of drug-likeness (QED) is 0.840. The molecule has 5 nitrogen and oxygen atoms in total. The summed E-state index contributed by atoms with van der Waals surface area (Å²) in [5.74, 6) is 1.80. The molecule has 3 N–H and O–H groups in total. The fourth-order valence-electron chi connectivity index (χ4n) is 3.53. The SMILES string of the molecule is N[C@@H]1CCC[C@H]1CC(=O)Nc1ccc(OCC2CCOCC2)cc1. The maximum atomic E-state index is 12.1. The molecule has 5 heteroatoms. The lowest BCUT2D eigenvalue weighted by Gasteiger charge is -2.22. The van der Waals surface area contributed by atoms with Crippen LogP contribution in [0.4, 0.5) is 5.69 Å². The van der Waals surface area contributed by atoms with Crippen LogP contribution in [0.25, 0.3) is 0 Å². The Morgan fingerprint density at radius 3 is 2.58 bits per heavy atom. The summed E-state index contributed by atoms with van der Waals surface area (Å²) in [4.78, 5) is 12.1. The largest absolute Gasteiger partial charge is 0.493 e. The third-order valence-electron chi connectivity index (χ3n) is 5.13. The first kappa shape index (κ1) is 17.2. The summed E-state index contributed by atoms with van der Waals surface area (Å²) in [6.07, 6.45) is 5.89. The van der Waals surface area contributed by atoms with Crippen molar-refractivity contribution < 1.29 is 14.3 Å². The lowest BCUT2D eigenvalue weighted by molar-refractivity contribution is -0.117. The van der Waals surface area contributed by atoms with Gasteiger partial charge in [-0.15, -0.1) is 0 Å². The van der Waals surface area contributed by atoms with Gasteiger partial charge in [-0.25, -0.2) is 0 Å². The summed E-state index contributed by atoms with van der Waals surface area (Å²) in [5, 5.41) is 2.96. The lowest BCUT2D eigenvalue weighted by atomic mass is 10.00. The van der Waals surface area contributed by atoms with Crippen molar-refractivity contribution in [1.29, 1.82) is 0 Å². The van der Waals surface area contributed by atoms with Crippen molar-refractivity contribution in [1.82, 2.24) is 0 Å². The second kappa shape index (κ2) is 8.49. The Morgan fingerprint density at radius 2 is 1.92 bits per heavy atom. The summed E-state index contributed by atoms with van der Waals surface area (Å²) < 4.78 is 11.2. The van der Waals surface area contributed by atoms with Crippen LogP contribution in [0, 0.1) is 11.8 Å². The van der Waals surface area contributed by atoms with Gasteiger partial charge in [-0.1, -0.05) is 6.42 Å². The molecule has 1 saturated heterocycles. The molecule has 2 fully saturated rings. The van der Waals surface area contributed by atoms with Gasteiger partial charge in [0.1, 0.15) is 5.75 Å². The highest BCUT2D eigenvalue weighted by Crippen LogP contribution is 2.27. The van der Waals surface area contributed by atoms with E-state index in [1.807, 2.05) is 24.3 Å². The van der Waals surface area contributed by atoms with Gasteiger partial charge in [0.25, 0.3) is 0 Å². The smallest absolute Gasteiger partial charge is 0.224 e. The topological polar surface area (TPSA) is 73.6 Å². The minimum absolute atomic E-state index is 0.0493. The van der Waals surface area contributed by atoms with Crippen molar-refractivity contribution >= 4 is 11.6 Å². The first-order valence-corrected chi connectivity index (χ1v) is 9.07. The van der Waals surface area contributed by atoms with Crippen LogP contribution in [-0.2, 0) is 9.53 Å². The van der Waals surface area contributed by atoms with Crippen LogP contribution < -0.4 is 15.8 Å². The van der Waals surface area contributed by atoms with E-state index in [-0.39, 0.29) is 11.9 Å². The maximum absolute atomic E-state index is 12.1. The van der Waals surface area contributed by atoms with Crippen LogP contribution in [0.2, 0.25) is 0 Å². The molecule has 1 saturated carbocycles. The summed E-state index contributed by atoms with van der Waals surface area (Å²) in [6, 6.07) is 7.79. The number of nitrogens with two attached hydrogens (primary N) is 1. The Hall–Kier alpha value is -1.59. The van der Waals surface area contributed by atoms with E-state index < -0.39 is 0 Å². The van der Waals surface area contributed by atoms with Crippen molar-refractivity contribution in [3.8, 4) is 5.75 Å². The van der Waals surface area contributed by atoms with E-state index in [2.05, 4.69) is 5.32 Å². The molecule has 1 heterocycles. The Kier molecular flexibility index (Phi) is 6.10. The number of anilines is 1. The highest BCUT2D eigenvalue weighted by molar-refractivity contribution is 5.90. The number of hydrogen-bond acceptors (Lipinski definition) is 4. The van der Waals surface area contributed by atoms with E-state index in [1.54, 1.807) is 0 Å². The van der Waals surface area contributed by atoms with E-state index in [4.69, 9.17) is 15.2 Å². The molecule has 0 aromatic heterocycles. The van der Waals surface area contributed by atoms with Crippen LogP contribution in [0.5, 0.6) is 5.75 Å². The monoisotopic (exact) mass is 332 g/mol. The van der Waals surface area contributed by atoms with Gasteiger partial charge < -0.3 is 20.5 Å². The fraction of sp³-hybridized carbons (Fsp3) is 0.632. The standard InChI is InChI=1S/C19H28N2O3/c20-18-3-1-2-15(18)12-19(22)21-16-4-6-17(7-5-16)24-13-14-8-10-23-11-9-14/h4-7,14-15,18H,1-3,8-13,20H2,(H,21,22)/t15-,18+/m0/s1. The van der Waals surface area contributed by atoms with Crippen LogP contribution in [-0.4, -0.2) is 31.8 Å². The minimum Gasteiger partial charge on any atom is -0.493 e. The van der Waals surface area contributed by atoms with Crippen LogP contribution in [0.3, 0.4) is 0 Å². The molecular formula is C19H28N2O3. The van der Waals surface area contributed by atoms with E-state index in [0.29, 0.717) is 18.3 Å². The predicted octanol–water partition coefficient (Wildman–Crippen LogP) is 2.95. The Balaban J connectivity index is 1.42. The number of ether oxygens (including phenoxy) is 2. The van der Waals surface area contributed by atoms with Crippen molar-refractivity contribution in [3.63, 3.8) is 0 Å². The molecule has 1 aliphatic carbocycles. The average molecular weight is 332 g/mol. The van der Waals surface area contributed by atoms with Gasteiger partial charge in [-0.05, 0) is 61.8 Å². The molecule has 1 aliphatic heterocycles. The molecule has 24 heavy (non-hydrogen) atoms. The van der Waals surface area contributed by atoms with Gasteiger partial charge in [0.15, 0.2) is 0 Å². The highest BCUT2D eigenvalue weighted by Gasteiger charge is 2.26. The summed E-state index contributed by atoms with van der Waals surface area (Å²) in [6.45, 7) is 2.40. The number of amides is 1. The zero-order valence-corrected chi connectivity index (χ0v) is 14.2.